The highest BCUT2D eigenvalue weighted by molar-refractivity contribution is 7.86. The summed E-state index contributed by atoms with van der Waals surface area (Å²) >= 11 is 0. The first-order chi connectivity index (χ1) is 18.3. The third kappa shape index (κ3) is 8.66. The van der Waals surface area contributed by atoms with Crippen molar-refractivity contribution in [3.63, 3.8) is 0 Å². The van der Waals surface area contributed by atoms with Crippen LogP contribution in [0.5, 0.6) is 28.7 Å². The van der Waals surface area contributed by atoms with Crippen molar-refractivity contribution in [2.45, 2.75) is 20.3 Å². The van der Waals surface area contributed by atoms with Crippen LogP contribution in [0.1, 0.15) is 20.3 Å². The molecule has 0 bridgehead atoms. The lowest BCUT2D eigenvalue weighted by atomic mass is 9.97. The van der Waals surface area contributed by atoms with Crippen molar-refractivity contribution in [3.8, 4) is 51.0 Å². The van der Waals surface area contributed by atoms with E-state index < -0.39 is 20.2 Å². The van der Waals surface area contributed by atoms with Gasteiger partial charge in [-0.15, -0.1) is 0 Å². The van der Waals surface area contributed by atoms with Gasteiger partial charge in [-0.25, -0.2) is 0 Å². The van der Waals surface area contributed by atoms with Crippen molar-refractivity contribution < 1.29 is 39.4 Å². The Morgan fingerprint density at radius 2 is 1.23 bits per heavy atom. The summed E-state index contributed by atoms with van der Waals surface area (Å²) in [6, 6.07) is 15.0. The van der Waals surface area contributed by atoms with Gasteiger partial charge in [-0.3, -0.25) is 0 Å². The van der Waals surface area contributed by atoms with Crippen molar-refractivity contribution in [2.75, 3.05) is 33.3 Å². The number of benzene rings is 3. The normalized spacial score (nSPS) is 11.4. The van der Waals surface area contributed by atoms with E-state index in [9.17, 15) is 16.8 Å². The van der Waals surface area contributed by atoms with Gasteiger partial charge in [0.15, 0.2) is 11.5 Å². The molecule has 210 valence electrons. The zero-order valence-electron chi connectivity index (χ0n) is 22.7. The Bertz CT molecular complexity index is 1550. The van der Waals surface area contributed by atoms with E-state index in [2.05, 4.69) is 0 Å². The second-order valence-corrected chi connectivity index (χ2v) is 12.1. The minimum atomic E-state index is -3.82. The zero-order chi connectivity index (χ0) is 28.8. The van der Waals surface area contributed by atoms with E-state index in [1.54, 1.807) is 54.6 Å². The van der Waals surface area contributed by atoms with Crippen LogP contribution in [0, 0.1) is 0 Å². The second-order valence-electron chi connectivity index (χ2n) is 8.93. The molecule has 0 radical (unpaired) electrons. The Hall–Kier alpha value is -3.70. The number of ether oxygens (including phenoxy) is 3. The minimum absolute atomic E-state index is 0.0544. The van der Waals surface area contributed by atoms with E-state index in [0.717, 1.165) is 23.6 Å². The molecule has 0 spiro atoms. The highest BCUT2D eigenvalue weighted by Gasteiger charge is 2.18. The summed E-state index contributed by atoms with van der Waals surface area (Å²) in [5, 5.41) is 0. The lowest BCUT2D eigenvalue weighted by molar-refractivity contribution is 0.314. The molecular formula is C28H32O9S2. The Morgan fingerprint density at radius 1 is 0.692 bits per heavy atom. The van der Waals surface area contributed by atoms with E-state index in [1.165, 1.54) is 14.2 Å². The quantitative estimate of drug-likeness (QED) is 0.158. The minimum Gasteiger partial charge on any atom is -0.496 e. The van der Waals surface area contributed by atoms with Gasteiger partial charge in [-0.05, 0) is 67.8 Å². The molecule has 0 N–H and O–H groups in total. The Kier molecular flexibility index (Phi) is 9.52. The average molecular weight is 577 g/mol. The van der Waals surface area contributed by atoms with Crippen molar-refractivity contribution in [3.05, 3.63) is 66.2 Å². The maximum absolute atomic E-state index is 12.0. The smallest absolute Gasteiger partial charge is 0.306 e. The molecule has 9 nitrogen and oxygen atoms in total. The molecule has 0 saturated carbocycles. The van der Waals surface area contributed by atoms with E-state index in [-0.39, 0.29) is 11.5 Å². The topological polar surface area (TPSA) is 114 Å². The number of allylic oxidation sites excluding steroid dienone is 1. The fourth-order valence-electron chi connectivity index (χ4n) is 3.75. The lowest BCUT2D eigenvalue weighted by Gasteiger charge is -2.17. The fraction of sp³-hybridized carbons (Fsp3) is 0.286. The molecule has 0 atom stereocenters. The van der Waals surface area contributed by atoms with Crippen LogP contribution in [0.15, 0.2) is 66.2 Å². The molecule has 0 saturated heterocycles. The van der Waals surface area contributed by atoms with E-state index in [4.69, 9.17) is 22.6 Å². The average Bonchev–Trinajstić information content (AvgIpc) is 2.85. The molecule has 0 unspecified atom stereocenters. The molecule has 39 heavy (non-hydrogen) atoms. The predicted molar refractivity (Wildman–Crippen MR) is 151 cm³/mol. The Morgan fingerprint density at radius 3 is 1.74 bits per heavy atom. The molecule has 0 aromatic heterocycles. The van der Waals surface area contributed by atoms with Gasteiger partial charge in [-0.2, -0.15) is 16.8 Å². The van der Waals surface area contributed by atoms with Crippen molar-refractivity contribution in [1.82, 2.24) is 0 Å². The van der Waals surface area contributed by atoms with E-state index >= 15 is 0 Å². The number of hydrogen-bond donors (Lipinski definition) is 0. The van der Waals surface area contributed by atoms with Crippen LogP contribution in [-0.4, -0.2) is 50.2 Å². The van der Waals surface area contributed by atoms with Gasteiger partial charge in [0.25, 0.3) is 0 Å². The summed E-state index contributed by atoms with van der Waals surface area (Å²) in [5.41, 5.74) is 3.83. The van der Waals surface area contributed by atoms with Gasteiger partial charge < -0.3 is 22.6 Å². The molecule has 0 fully saturated rings. The number of hydrogen-bond acceptors (Lipinski definition) is 9. The first-order valence-corrected chi connectivity index (χ1v) is 15.5. The molecule has 0 aliphatic rings. The molecule has 3 aromatic rings. The van der Waals surface area contributed by atoms with Crippen LogP contribution in [-0.2, 0) is 20.2 Å². The SMILES string of the molecule is COc1cc(-c2ccc(OCCC=C(C)C)c(OS(C)(=O)=O)c2)c(OC)cc1-c1ccc(OS(C)(=O)=O)cc1. The monoisotopic (exact) mass is 576 g/mol. The van der Waals surface area contributed by atoms with Crippen LogP contribution < -0.4 is 22.6 Å². The van der Waals surface area contributed by atoms with Crippen LogP contribution in [0.2, 0.25) is 0 Å². The van der Waals surface area contributed by atoms with Crippen LogP contribution in [0.25, 0.3) is 22.3 Å². The molecule has 11 heteroatoms. The highest BCUT2D eigenvalue weighted by Crippen LogP contribution is 2.43. The third-order valence-electron chi connectivity index (χ3n) is 5.36. The van der Waals surface area contributed by atoms with Crippen LogP contribution in [0.4, 0.5) is 0 Å². The van der Waals surface area contributed by atoms with Gasteiger partial charge >= 0.3 is 20.2 Å². The molecular weight excluding hydrogens is 544 g/mol. The molecule has 0 amide bonds. The standard InChI is InChI=1S/C28H32O9S2/c1-19(2)8-7-15-35-25-14-11-21(16-28(25)37-39(6,31)32)24-18-26(33-3)23(17-27(24)34-4)20-9-12-22(13-10-20)36-38(5,29)30/h8-14,16-18H,7,15H2,1-6H3. The summed E-state index contributed by atoms with van der Waals surface area (Å²) in [6.07, 6.45) is 4.63. The van der Waals surface area contributed by atoms with E-state index in [0.29, 0.717) is 47.0 Å². The first-order valence-electron chi connectivity index (χ1n) is 11.9. The molecule has 3 rings (SSSR count). The summed E-state index contributed by atoms with van der Waals surface area (Å²) in [5.74, 6) is 1.54. The predicted octanol–water partition coefficient (Wildman–Crippen LogP) is 5.45. The van der Waals surface area contributed by atoms with Crippen LogP contribution in [0.3, 0.4) is 0 Å². The third-order valence-corrected chi connectivity index (χ3v) is 6.34. The summed E-state index contributed by atoms with van der Waals surface area (Å²) in [4.78, 5) is 0. The van der Waals surface area contributed by atoms with Gasteiger partial charge in [0.1, 0.15) is 17.2 Å². The summed E-state index contributed by atoms with van der Waals surface area (Å²) in [6.45, 7) is 4.33. The Balaban J connectivity index is 2.03. The van der Waals surface area contributed by atoms with Gasteiger partial charge in [0.05, 0.1) is 33.3 Å². The first kappa shape index (κ1) is 29.9. The summed E-state index contributed by atoms with van der Waals surface area (Å²) < 4.78 is 74.1. The van der Waals surface area contributed by atoms with Gasteiger partial charge in [0, 0.05) is 11.1 Å². The molecule has 0 heterocycles. The summed E-state index contributed by atoms with van der Waals surface area (Å²) in [7, 11) is -4.43. The maximum atomic E-state index is 12.0. The highest BCUT2D eigenvalue weighted by atomic mass is 32.2. The van der Waals surface area contributed by atoms with Crippen molar-refractivity contribution in [2.24, 2.45) is 0 Å². The van der Waals surface area contributed by atoms with Crippen LogP contribution >= 0.6 is 0 Å². The lowest BCUT2D eigenvalue weighted by Crippen LogP contribution is -2.08. The van der Waals surface area contributed by atoms with E-state index in [1.807, 2.05) is 19.9 Å². The fourth-order valence-corrected chi connectivity index (χ4v) is 4.67. The largest absolute Gasteiger partial charge is 0.496 e. The zero-order valence-corrected chi connectivity index (χ0v) is 24.3. The van der Waals surface area contributed by atoms with Gasteiger partial charge in [-0.1, -0.05) is 29.8 Å². The Labute approximate surface area is 230 Å². The molecule has 3 aromatic carbocycles. The van der Waals surface area contributed by atoms with Crippen molar-refractivity contribution >= 4 is 20.2 Å². The van der Waals surface area contributed by atoms with Crippen molar-refractivity contribution in [1.29, 1.82) is 0 Å². The molecule has 0 aliphatic carbocycles. The van der Waals surface area contributed by atoms with Gasteiger partial charge in [0.2, 0.25) is 0 Å². The second kappa shape index (κ2) is 12.4. The molecule has 0 aliphatic heterocycles. The maximum Gasteiger partial charge on any atom is 0.306 e. The number of methoxy groups -OCH3 is 2. The number of rotatable bonds is 12.